The van der Waals surface area contributed by atoms with E-state index in [1.165, 1.54) is 54.7 Å². The van der Waals surface area contributed by atoms with Crippen molar-refractivity contribution in [2.45, 2.75) is 57.8 Å². The number of carboxylic acids is 1. The normalized spacial score (nSPS) is 32.2. The zero-order valence-electron chi connectivity index (χ0n) is 16.0. The molecular weight excluding hydrogens is 374 g/mol. The van der Waals surface area contributed by atoms with Crippen molar-refractivity contribution in [1.29, 1.82) is 0 Å². The summed E-state index contributed by atoms with van der Waals surface area (Å²) in [5.41, 5.74) is 7.28. The minimum atomic E-state index is -1.20. The topological polar surface area (TPSA) is 109 Å². The van der Waals surface area contributed by atoms with Gasteiger partial charge in [-0.15, -0.1) is 11.3 Å². The fraction of sp³-hybridized carbons (Fsp3) is 0.667. The standard InChI is InChI=1S/C11H19N.C10H8N2O3S/c12-7-11-4-8-1-9(5-11)3-10(2-8)6-11;13-8-6-4-2-1-3-5(4)16-9(6)12-7(11-8)10(14)15/h8-10H,1-7,12H2;1-3H2,(H,14,15)(H,11,12,13). The number of hydrogen-bond donors (Lipinski definition) is 3. The van der Waals surface area contributed by atoms with Gasteiger partial charge < -0.3 is 15.8 Å². The molecule has 4 saturated carbocycles. The third-order valence-corrected chi connectivity index (χ3v) is 8.56. The number of aromatic carboxylic acids is 1. The van der Waals surface area contributed by atoms with E-state index in [-0.39, 0.29) is 11.4 Å². The van der Waals surface area contributed by atoms with Crippen LogP contribution in [-0.4, -0.2) is 27.6 Å². The molecule has 0 amide bonds. The van der Waals surface area contributed by atoms with E-state index in [9.17, 15) is 9.59 Å². The van der Waals surface area contributed by atoms with Crippen LogP contribution in [0.4, 0.5) is 0 Å². The Hall–Kier alpha value is -1.73. The number of thiophene rings is 1. The summed E-state index contributed by atoms with van der Waals surface area (Å²) >= 11 is 1.44. The quantitative estimate of drug-likeness (QED) is 0.715. The van der Waals surface area contributed by atoms with Crippen molar-refractivity contribution >= 4 is 27.5 Å². The number of carbonyl (C=O) groups is 1. The molecule has 0 spiro atoms. The monoisotopic (exact) mass is 401 g/mol. The molecule has 4 N–H and O–H groups in total. The highest BCUT2D eigenvalue weighted by atomic mass is 32.1. The van der Waals surface area contributed by atoms with Crippen LogP contribution in [0.1, 0.15) is 66.0 Å². The van der Waals surface area contributed by atoms with Crippen LogP contribution < -0.4 is 11.3 Å². The largest absolute Gasteiger partial charge is 0.475 e. The van der Waals surface area contributed by atoms with Gasteiger partial charge in [0.15, 0.2) is 0 Å². The molecule has 0 radical (unpaired) electrons. The molecular formula is C21H27N3O3S. The van der Waals surface area contributed by atoms with Gasteiger partial charge in [-0.25, -0.2) is 9.78 Å². The van der Waals surface area contributed by atoms with Crippen LogP contribution in [0.2, 0.25) is 0 Å². The molecule has 0 atom stereocenters. The molecule has 0 unspecified atom stereocenters. The molecule has 4 fully saturated rings. The summed E-state index contributed by atoms with van der Waals surface area (Å²) in [4.78, 5) is 30.5. The van der Waals surface area contributed by atoms with Gasteiger partial charge in [-0.1, -0.05) is 0 Å². The number of aromatic nitrogens is 2. The first-order valence-electron chi connectivity index (χ1n) is 10.4. The molecule has 2 aromatic heterocycles. The molecule has 150 valence electrons. The number of rotatable bonds is 2. The SMILES string of the molecule is NCC12CC3CC(CC(C3)C1)C2.O=C(O)c1nc2sc3c(c2c(=O)[nH]1)CCC3. The molecule has 7 heteroatoms. The Kier molecular flexibility index (Phi) is 4.36. The van der Waals surface area contributed by atoms with E-state index in [1.54, 1.807) is 0 Å². The first-order chi connectivity index (χ1) is 13.5. The maximum absolute atomic E-state index is 11.8. The zero-order valence-corrected chi connectivity index (χ0v) is 16.8. The van der Waals surface area contributed by atoms with Crippen LogP contribution in [0.5, 0.6) is 0 Å². The van der Waals surface area contributed by atoms with E-state index >= 15 is 0 Å². The number of hydrogen-bond acceptors (Lipinski definition) is 5. The summed E-state index contributed by atoms with van der Waals surface area (Å²) < 4.78 is 0. The lowest BCUT2D eigenvalue weighted by molar-refractivity contribution is -0.0468. The lowest BCUT2D eigenvalue weighted by atomic mass is 9.50. The molecule has 6 nitrogen and oxygen atoms in total. The van der Waals surface area contributed by atoms with E-state index in [1.807, 2.05) is 0 Å². The van der Waals surface area contributed by atoms with Gasteiger partial charge in [-0.2, -0.15) is 0 Å². The van der Waals surface area contributed by atoms with Gasteiger partial charge in [0.2, 0.25) is 5.82 Å². The smallest absolute Gasteiger partial charge is 0.372 e. The molecule has 2 aromatic rings. The molecule has 5 aliphatic rings. The van der Waals surface area contributed by atoms with Crippen LogP contribution >= 0.6 is 11.3 Å². The Morgan fingerprint density at radius 1 is 1.18 bits per heavy atom. The highest BCUT2D eigenvalue weighted by molar-refractivity contribution is 7.18. The number of nitrogens with one attached hydrogen (secondary N) is 1. The Labute approximate surface area is 167 Å². The van der Waals surface area contributed by atoms with Crippen LogP contribution in [0.25, 0.3) is 10.2 Å². The average molecular weight is 402 g/mol. The van der Waals surface area contributed by atoms with Crippen LogP contribution in [0.3, 0.4) is 0 Å². The van der Waals surface area contributed by atoms with Crippen molar-refractivity contribution < 1.29 is 9.90 Å². The second-order valence-corrected chi connectivity index (χ2v) is 10.5. The summed E-state index contributed by atoms with van der Waals surface area (Å²) in [6.45, 7) is 0.969. The highest BCUT2D eigenvalue weighted by Crippen LogP contribution is 2.59. The molecule has 0 saturated heterocycles. The summed E-state index contributed by atoms with van der Waals surface area (Å²) in [5, 5.41) is 9.37. The molecule has 0 aliphatic heterocycles. The summed E-state index contributed by atoms with van der Waals surface area (Å²) in [6.07, 6.45) is 12.0. The first kappa shape index (κ1) is 18.3. The third-order valence-electron chi connectivity index (χ3n) is 7.38. The molecule has 28 heavy (non-hydrogen) atoms. The van der Waals surface area contributed by atoms with Crippen LogP contribution in [-0.2, 0) is 12.8 Å². The Morgan fingerprint density at radius 3 is 2.39 bits per heavy atom. The highest BCUT2D eigenvalue weighted by Gasteiger charge is 2.49. The second kappa shape index (κ2) is 6.66. The molecule has 2 heterocycles. The average Bonchev–Trinajstić information content (AvgIpc) is 3.21. The number of aryl methyl sites for hydroxylation is 2. The number of nitrogens with two attached hydrogens (primary N) is 1. The van der Waals surface area contributed by atoms with Crippen LogP contribution in [0, 0.1) is 23.2 Å². The van der Waals surface area contributed by atoms with Gasteiger partial charge in [-0.3, -0.25) is 4.79 Å². The summed E-state index contributed by atoms with van der Waals surface area (Å²) in [7, 11) is 0. The van der Waals surface area contributed by atoms with Crippen molar-refractivity contribution in [3.63, 3.8) is 0 Å². The minimum absolute atomic E-state index is 0.280. The van der Waals surface area contributed by atoms with E-state index in [0.717, 1.165) is 49.1 Å². The predicted molar refractivity (Wildman–Crippen MR) is 109 cm³/mol. The van der Waals surface area contributed by atoms with Crippen molar-refractivity contribution in [2.24, 2.45) is 28.9 Å². The predicted octanol–water partition coefficient (Wildman–Crippen LogP) is 3.33. The lowest BCUT2D eigenvalue weighted by Gasteiger charge is -2.56. The van der Waals surface area contributed by atoms with E-state index in [4.69, 9.17) is 10.8 Å². The Morgan fingerprint density at radius 2 is 1.82 bits per heavy atom. The van der Waals surface area contributed by atoms with Crippen molar-refractivity contribution in [3.05, 3.63) is 26.6 Å². The summed E-state index contributed by atoms with van der Waals surface area (Å²) in [5.74, 6) is 1.73. The number of aromatic amines is 1. The lowest BCUT2D eigenvalue weighted by Crippen LogP contribution is -2.49. The van der Waals surface area contributed by atoms with Gasteiger partial charge in [0, 0.05) is 4.88 Å². The first-order valence-corrected chi connectivity index (χ1v) is 11.3. The van der Waals surface area contributed by atoms with E-state index < -0.39 is 5.97 Å². The maximum atomic E-state index is 11.8. The van der Waals surface area contributed by atoms with E-state index in [2.05, 4.69) is 9.97 Å². The van der Waals surface area contributed by atoms with E-state index in [0.29, 0.717) is 15.6 Å². The number of carboxylic acid groups (broad SMARTS) is 1. The fourth-order valence-electron chi connectivity index (χ4n) is 6.64. The Bertz CT molecular complexity index is 957. The molecule has 7 rings (SSSR count). The fourth-order valence-corrected chi connectivity index (χ4v) is 7.91. The number of nitrogens with zero attached hydrogens (tertiary/aromatic N) is 1. The molecule has 5 aliphatic carbocycles. The Balaban J connectivity index is 0.000000127. The van der Waals surface area contributed by atoms with Gasteiger partial charge in [0.05, 0.1) is 5.39 Å². The third kappa shape index (κ3) is 2.99. The maximum Gasteiger partial charge on any atom is 0.372 e. The van der Waals surface area contributed by atoms with Crippen molar-refractivity contribution in [3.8, 4) is 0 Å². The van der Waals surface area contributed by atoms with Gasteiger partial charge in [0.25, 0.3) is 5.56 Å². The van der Waals surface area contributed by atoms with Gasteiger partial charge >= 0.3 is 5.97 Å². The van der Waals surface area contributed by atoms with Gasteiger partial charge in [-0.05, 0) is 93.1 Å². The summed E-state index contributed by atoms with van der Waals surface area (Å²) in [6, 6.07) is 0. The number of H-pyrrole nitrogens is 1. The number of fused-ring (bicyclic) bond motifs is 3. The molecule has 4 bridgehead atoms. The van der Waals surface area contributed by atoms with Gasteiger partial charge in [0.1, 0.15) is 4.83 Å². The second-order valence-electron chi connectivity index (χ2n) is 9.38. The van der Waals surface area contributed by atoms with Crippen LogP contribution in [0.15, 0.2) is 4.79 Å². The minimum Gasteiger partial charge on any atom is -0.475 e. The van der Waals surface area contributed by atoms with Crippen molar-refractivity contribution in [2.75, 3.05) is 6.54 Å². The molecule has 0 aromatic carbocycles. The zero-order chi connectivity index (χ0) is 19.5. The van der Waals surface area contributed by atoms with Crippen molar-refractivity contribution in [1.82, 2.24) is 9.97 Å².